The van der Waals surface area contributed by atoms with Crippen molar-refractivity contribution >= 4 is 26.0 Å². The fourth-order valence-electron chi connectivity index (χ4n) is 3.75. The van der Waals surface area contributed by atoms with E-state index in [0.717, 1.165) is 48.6 Å². The molecule has 3 rings (SSSR count). The van der Waals surface area contributed by atoms with Gasteiger partial charge in [0, 0.05) is 11.1 Å². The molecule has 0 bridgehead atoms. The highest BCUT2D eigenvalue weighted by atomic mass is 79.9. The summed E-state index contributed by atoms with van der Waals surface area (Å²) in [6, 6.07) is 8.02. The SMILES string of the molecule is O=S(=O)(C[C@@H]1CCCO1)NC1(c2cccc(Br)c2)CCCCC1. The maximum atomic E-state index is 12.7. The Morgan fingerprint density at radius 1 is 1.22 bits per heavy atom. The lowest BCUT2D eigenvalue weighted by molar-refractivity contribution is 0.127. The number of sulfonamides is 1. The Kier molecular flexibility index (Phi) is 5.46. The van der Waals surface area contributed by atoms with Gasteiger partial charge in [-0.05, 0) is 43.4 Å². The molecule has 1 aromatic rings. The van der Waals surface area contributed by atoms with Crippen LogP contribution in [0, 0.1) is 0 Å². The number of hydrogen-bond donors (Lipinski definition) is 1. The molecule has 1 aliphatic heterocycles. The Balaban J connectivity index is 1.84. The number of halogens is 1. The molecule has 1 saturated heterocycles. The summed E-state index contributed by atoms with van der Waals surface area (Å²) in [5.74, 6) is 0.0722. The Hall–Kier alpha value is -0.430. The van der Waals surface area contributed by atoms with E-state index in [1.165, 1.54) is 6.42 Å². The van der Waals surface area contributed by atoms with Gasteiger partial charge in [-0.1, -0.05) is 47.3 Å². The van der Waals surface area contributed by atoms with Crippen molar-refractivity contribution in [1.29, 1.82) is 0 Å². The molecular formula is C17H24BrNO3S. The normalized spacial score (nSPS) is 24.7. The number of ether oxygens (including phenoxy) is 1. The predicted octanol–water partition coefficient (Wildman–Crippen LogP) is 3.71. The zero-order valence-electron chi connectivity index (χ0n) is 13.3. The monoisotopic (exact) mass is 401 g/mol. The van der Waals surface area contributed by atoms with Crippen LogP contribution in [0.3, 0.4) is 0 Å². The van der Waals surface area contributed by atoms with E-state index >= 15 is 0 Å². The summed E-state index contributed by atoms with van der Waals surface area (Å²) in [6.07, 6.45) is 6.62. The highest BCUT2D eigenvalue weighted by molar-refractivity contribution is 9.10. The maximum Gasteiger partial charge on any atom is 0.214 e. The molecule has 1 heterocycles. The van der Waals surface area contributed by atoms with Gasteiger partial charge < -0.3 is 4.74 Å². The average molecular weight is 402 g/mol. The minimum atomic E-state index is -3.37. The molecule has 4 nitrogen and oxygen atoms in total. The third kappa shape index (κ3) is 4.35. The summed E-state index contributed by atoms with van der Waals surface area (Å²) >= 11 is 3.51. The summed E-state index contributed by atoms with van der Waals surface area (Å²) in [4.78, 5) is 0. The van der Waals surface area contributed by atoms with Crippen LogP contribution < -0.4 is 4.72 Å². The molecule has 2 aliphatic rings. The van der Waals surface area contributed by atoms with E-state index in [2.05, 4.69) is 20.7 Å². The number of hydrogen-bond acceptors (Lipinski definition) is 3. The molecule has 0 amide bonds. The first-order chi connectivity index (χ1) is 11.0. The molecule has 1 aromatic carbocycles. The highest BCUT2D eigenvalue weighted by Crippen LogP contribution is 2.38. The average Bonchev–Trinajstić information content (AvgIpc) is 3.00. The second-order valence-electron chi connectivity index (χ2n) is 6.67. The molecule has 0 spiro atoms. The Morgan fingerprint density at radius 3 is 2.65 bits per heavy atom. The van der Waals surface area contributed by atoms with Gasteiger partial charge in [0.25, 0.3) is 0 Å². The first kappa shape index (κ1) is 17.4. The minimum absolute atomic E-state index is 0.0722. The van der Waals surface area contributed by atoms with Crippen LogP contribution in [0.4, 0.5) is 0 Å². The molecule has 6 heteroatoms. The van der Waals surface area contributed by atoms with Gasteiger partial charge in [0.15, 0.2) is 0 Å². The first-order valence-electron chi connectivity index (χ1n) is 8.38. The molecule has 1 saturated carbocycles. The number of benzene rings is 1. The zero-order valence-corrected chi connectivity index (χ0v) is 15.7. The van der Waals surface area contributed by atoms with Crippen molar-refractivity contribution in [2.45, 2.75) is 56.6 Å². The smallest absolute Gasteiger partial charge is 0.214 e. The first-order valence-corrected chi connectivity index (χ1v) is 10.8. The van der Waals surface area contributed by atoms with Crippen LogP contribution in [-0.2, 0) is 20.3 Å². The van der Waals surface area contributed by atoms with Crippen LogP contribution in [0.15, 0.2) is 28.7 Å². The fraction of sp³-hybridized carbons (Fsp3) is 0.647. The molecule has 1 atom stereocenters. The van der Waals surface area contributed by atoms with Crippen molar-refractivity contribution in [1.82, 2.24) is 4.72 Å². The highest BCUT2D eigenvalue weighted by Gasteiger charge is 2.38. The van der Waals surface area contributed by atoms with Gasteiger partial charge in [0.05, 0.1) is 17.4 Å². The Labute approximate surface area is 147 Å². The van der Waals surface area contributed by atoms with E-state index in [1.807, 2.05) is 24.3 Å². The molecule has 0 aromatic heterocycles. The Bertz CT molecular complexity index is 635. The van der Waals surface area contributed by atoms with Crippen LogP contribution in [0.1, 0.15) is 50.5 Å². The van der Waals surface area contributed by atoms with E-state index in [1.54, 1.807) is 0 Å². The van der Waals surface area contributed by atoms with E-state index in [-0.39, 0.29) is 11.9 Å². The van der Waals surface area contributed by atoms with Gasteiger partial charge in [-0.2, -0.15) is 0 Å². The van der Waals surface area contributed by atoms with Crippen molar-refractivity contribution in [2.75, 3.05) is 12.4 Å². The van der Waals surface area contributed by atoms with Crippen molar-refractivity contribution in [3.05, 3.63) is 34.3 Å². The predicted molar refractivity (Wildman–Crippen MR) is 94.8 cm³/mol. The molecule has 0 radical (unpaired) electrons. The lowest BCUT2D eigenvalue weighted by Crippen LogP contribution is -2.49. The lowest BCUT2D eigenvalue weighted by atomic mass is 9.77. The van der Waals surface area contributed by atoms with Gasteiger partial charge in [0.1, 0.15) is 0 Å². The second kappa shape index (κ2) is 7.21. The van der Waals surface area contributed by atoms with Gasteiger partial charge in [0.2, 0.25) is 10.0 Å². The van der Waals surface area contributed by atoms with E-state index in [0.29, 0.717) is 6.61 Å². The van der Waals surface area contributed by atoms with Gasteiger partial charge in [-0.15, -0.1) is 0 Å². The van der Waals surface area contributed by atoms with Gasteiger partial charge in [-0.25, -0.2) is 13.1 Å². The van der Waals surface area contributed by atoms with Crippen molar-refractivity contribution in [3.8, 4) is 0 Å². The molecule has 0 unspecified atom stereocenters. The van der Waals surface area contributed by atoms with Crippen LogP contribution in [0.5, 0.6) is 0 Å². The quantitative estimate of drug-likeness (QED) is 0.817. The van der Waals surface area contributed by atoms with E-state index in [4.69, 9.17) is 4.74 Å². The van der Waals surface area contributed by atoms with Crippen LogP contribution in [0.2, 0.25) is 0 Å². The largest absolute Gasteiger partial charge is 0.377 e. The molecule has 2 fully saturated rings. The fourth-order valence-corrected chi connectivity index (χ4v) is 5.90. The van der Waals surface area contributed by atoms with Crippen LogP contribution in [0.25, 0.3) is 0 Å². The third-order valence-corrected chi connectivity index (χ3v) is 6.87. The van der Waals surface area contributed by atoms with Crippen LogP contribution in [-0.4, -0.2) is 26.9 Å². The number of rotatable bonds is 5. The van der Waals surface area contributed by atoms with Crippen molar-refractivity contribution in [2.24, 2.45) is 0 Å². The zero-order chi connectivity index (χ0) is 16.3. The minimum Gasteiger partial charge on any atom is -0.377 e. The van der Waals surface area contributed by atoms with Gasteiger partial charge >= 0.3 is 0 Å². The summed E-state index contributed by atoms with van der Waals surface area (Å²) in [6.45, 7) is 0.678. The molecular weight excluding hydrogens is 378 g/mol. The lowest BCUT2D eigenvalue weighted by Gasteiger charge is -2.38. The summed E-state index contributed by atoms with van der Waals surface area (Å²) < 4.78 is 35.0. The summed E-state index contributed by atoms with van der Waals surface area (Å²) in [5, 5.41) is 0. The van der Waals surface area contributed by atoms with Crippen molar-refractivity contribution < 1.29 is 13.2 Å². The molecule has 1 aliphatic carbocycles. The standard InChI is InChI=1S/C17H24BrNO3S/c18-15-7-4-6-14(12-15)17(9-2-1-3-10-17)19-23(20,21)13-16-8-5-11-22-16/h4,6-7,12,16,19H,1-3,5,8-11,13H2/t16-/m0/s1. The molecule has 128 valence electrons. The van der Waals surface area contributed by atoms with Crippen molar-refractivity contribution in [3.63, 3.8) is 0 Å². The topological polar surface area (TPSA) is 55.4 Å². The van der Waals surface area contributed by atoms with Gasteiger partial charge in [-0.3, -0.25) is 0 Å². The third-order valence-electron chi connectivity index (χ3n) is 4.86. The summed E-state index contributed by atoms with van der Waals surface area (Å²) in [7, 11) is -3.37. The second-order valence-corrected chi connectivity index (χ2v) is 9.35. The number of nitrogens with one attached hydrogen (secondary N) is 1. The van der Waals surface area contributed by atoms with E-state index in [9.17, 15) is 8.42 Å². The molecule has 23 heavy (non-hydrogen) atoms. The molecule has 1 N–H and O–H groups in total. The summed E-state index contributed by atoms with van der Waals surface area (Å²) in [5.41, 5.74) is 0.585. The van der Waals surface area contributed by atoms with E-state index < -0.39 is 15.6 Å². The maximum absolute atomic E-state index is 12.7. The van der Waals surface area contributed by atoms with Crippen LogP contribution >= 0.6 is 15.9 Å². The Morgan fingerprint density at radius 2 is 2.00 bits per heavy atom.